The van der Waals surface area contributed by atoms with Crippen LogP contribution in [0.1, 0.15) is 37.9 Å². The third-order valence-corrected chi connectivity index (χ3v) is 4.42. The lowest BCUT2D eigenvalue weighted by Gasteiger charge is -2.20. The molecule has 1 aliphatic rings. The number of nitrogens with zero attached hydrogens (tertiary/aromatic N) is 1. The fourth-order valence-electron chi connectivity index (χ4n) is 3.17. The second kappa shape index (κ2) is 5.90. The van der Waals surface area contributed by atoms with Gasteiger partial charge >= 0.3 is 0 Å². The molecule has 1 unspecified atom stereocenters. The summed E-state index contributed by atoms with van der Waals surface area (Å²) < 4.78 is 0. The first-order valence-corrected chi connectivity index (χ1v) is 7.51. The molecule has 1 aliphatic carbocycles. The van der Waals surface area contributed by atoms with Gasteiger partial charge in [-0.25, -0.2) is 0 Å². The first-order valence-electron chi connectivity index (χ1n) is 7.51. The standard InChI is InChI=1S/C17H22N2O/c1-12(19-11-14-6-4-8-16(14)20)17-15-7-3-2-5-13(15)9-10-18-17/h2-3,5,7,9-10,12,14,16,19-20H,4,6,8,11H2,1H3/t12?,14-,16+/m1/s1. The van der Waals surface area contributed by atoms with E-state index in [0.29, 0.717) is 5.92 Å². The monoisotopic (exact) mass is 270 g/mol. The van der Waals surface area contributed by atoms with E-state index in [0.717, 1.165) is 31.5 Å². The lowest BCUT2D eigenvalue weighted by atomic mass is 10.0. The minimum atomic E-state index is -0.129. The average Bonchev–Trinajstić information content (AvgIpc) is 2.89. The summed E-state index contributed by atoms with van der Waals surface area (Å²) in [6.07, 6.45) is 4.97. The van der Waals surface area contributed by atoms with Crippen molar-refractivity contribution in [3.63, 3.8) is 0 Å². The summed E-state index contributed by atoms with van der Waals surface area (Å²) >= 11 is 0. The number of pyridine rings is 1. The molecule has 3 rings (SSSR count). The molecule has 3 nitrogen and oxygen atoms in total. The second-order valence-corrected chi connectivity index (χ2v) is 5.81. The van der Waals surface area contributed by atoms with Gasteiger partial charge in [-0.1, -0.05) is 30.7 Å². The average molecular weight is 270 g/mol. The molecule has 0 bridgehead atoms. The Morgan fingerprint density at radius 3 is 2.95 bits per heavy atom. The van der Waals surface area contributed by atoms with E-state index in [2.05, 4.69) is 41.5 Å². The van der Waals surface area contributed by atoms with Crippen molar-refractivity contribution < 1.29 is 5.11 Å². The number of aliphatic hydroxyl groups excluding tert-OH is 1. The summed E-state index contributed by atoms with van der Waals surface area (Å²) in [5.74, 6) is 0.396. The molecule has 1 saturated carbocycles. The van der Waals surface area contributed by atoms with Gasteiger partial charge < -0.3 is 10.4 Å². The van der Waals surface area contributed by atoms with Crippen molar-refractivity contribution in [1.29, 1.82) is 0 Å². The van der Waals surface area contributed by atoms with E-state index in [1.54, 1.807) is 0 Å². The van der Waals surface area contributed by atoms with Crippen LogP contribution < -0.4 is 5.32 Å². The van der Waals surface area contributed by atoms with Crippen LogP contribution in [0.25, 0.3) is 10.8 Å². The van der Waals surface area contributed by atoms with Gasteiger partial charge in [0.15, 0.2) is 0 Å². The molecule has 1 heterocycles. The second-order valence-electron chi connectivity index (χ2n) is 5.81. The van der Waals surface area contributed by atoms with Gasteiger partial charge in [0.05, 0.1) is 11.8 Å². The Balaban J connectivity index is 1.73. The zero-order valence-electron chi connectivity index (χ0n) is 11.9. The largest absolute Gasteiger partial charge is 0.393 e. The minimum Gasteiger partial charge on any atom is -0.393 e. The number of rotatable bonds is 4. The molecule has 2 N–H and O–H groups in total. The van der Waals surface area contributed by atoms with Crippen LogP contribution in [0.2, 0.25) is 0 Å². The van der Waals surface area contributed by atoms with Gasteiger partial charge in [-0.15, -0.1) is 0 Å². The van der Waals surface area contributed by atoms with Crippen molar-refractivity contribution in [1.82, 2.24) is 10.3 Å². The van der Waals surface area contributed by atoms with Crippen molar-refractivity contribution in [2.45, 2.75) is 38.3 Å². The molecule has 3 atom stereocenters. The van der Waals surface area contributed by atoms with E-state index < -0.39 is 0 Å². The van der Waals surface area contributed by atoms with Crippen molar-refractivity contribution in [2.75, 3.05) is 6.54 Å². The smallest absolute Gasteiger partial charge is 0.0648 e. The Hall–Kier alpha value is -1.45. The van der Waals surface area contributed by atoms with Crippen LogP contribution in [-0.2, 0) is 0 Å². The van der Waals surface area contributed by atoms with Gasteiger partial charge in [0, 0.05) is 24.2 Å². The predicted molar refractivity (Wildman–Crippen MR) is 81.5 cm³/mol. The van der Waals surface area contributed by atoms with Gasteiger partial charge in [0.1, 0.15) is 0 Å². The Morgan fingerprint density at radius 2 is 2.15 bits per heavy atom. The topological polar surface area (TPSA) is 45.1 Å². The highest BCUT2D eigenvalue weighted by Crippen LogP contribution is 2.26. The van der Waals surface area contributed by atoms with Crippen LogP contribution in [0.3, 0.4) is 0 Å². The molecule has 1 aromatic heterocycles. The SMILES string of the molecule is CC(NC[C@H]1CCC[C@@H]1O)c1nccc2ccccc12. The molecule has 0 aliphatic heterocycles. The fraction of sp³-hybridized carbons (Fsp3) is 0.471. The lowest BCUT2D eigenvalue weighted by molar-refractivity contribution is 0.130. The molecule has 1 aromatic carbocycles. The third-order valence-electron chi connectivity index (χ3n) is 4.42. The van der Waals surface area contributed by atoms with E-state index in [9.17, 15) is 5.11 Å². The molecule has 20 heavy (non-hydrogen) atoms. The van der Waals surface area contributed by atoms with Crippen LogP contribution in [0.15, 0.2) is 36.5 Å². The van der Waals surface area contributed by atoms with Crippen LogP contribution in [0.5, 0.6) is 0 Å². The first kappa shape index (κ1) is 13.5. The Labute approximate surface area is 120 Å². The maximum atomic E-state index is 9.89. The quantitative estimate of drug-likeness (QED) is 0.897. The summed E-state index contributed by atoms with van der Waals surface area (Å²) in [7, 11) is 0. The van der Waals surface area contributed by atoms with Gasteiger partial charge in [-0.3, -0.25) is 4.98 Å². The zero-order chi connectivity index (χ0) is 13.9. The number of hydrogen-bond donors (Lipinski definition) is 2. The van der Waals surface area contributed by atoms with Crippen LogP contribution in [0.4, 0.5) is 0 Å². The number of fused-ring (bicyclic) bond motifs is 1. The summed E-state index contributed by atoms with van der Waals surface area (Å²) in [6.45, 7) is 3.02. The first-order chi connectivity index (χ1) is 9.75. The maximum absolute atomic E-state index is 9.89. The summed E-state index contributed by atoms with van der Waals surface area (Å²) in [5.41, 5.74) is 1.09. The highest BCUT2D eigenvalue weighted by molar-refractivity contribution is 5.84. The number of aliphatic hydroxyl groups is 1. The summed E-state index contributed by atoms with van der Waals surface area (Å²) in [6, 6.07) is 10.6. The van der Waals surface area contributed by atoms with Crippen LogP contribution in [-0.4, -0.2) is 22.7 Å². The van der Waals surface area contributed by atoms with Crippen LogP contribution >= 0.6 is 0 Å². The van der Waals surface area contributed by atoms with Crippen molar-refractivity contribution >= 4 is 10.8 Å². The summed E-state index contributed by atoms with van der Waals surface area (Å²) in [5, 5.41) is 15.9. The normalized spacial score (nSPS) is 24.1. The van der Waals surface area contributed by atoms with Gasteiger partial charge in [-0.05, 0) is 37.1 Å². The lowest BCUT2D eigenvalue weighted by Crippen LogP contribution is -2.30. The molecule has 1 fully saturated rings. The van der Waals surface area contributed by atoms with Gasteiger partial charge in [0.25, 0.3) is 0 Å². The fourth-order valence-corrected chi connectivity index (χ4v) is 3.17. The summed E-state index contributed by atoms with van der Waals surface area (Å²) in [4.78, 5) is 4.55. The van der Waals surface area contributed by atoms with E-state index in [1.807, 2.05) is 12.3 Å². The molecule has 106 valence electrons. The molecule has 0 amide bonds. The van der Waals surface area contributed by atoms with Crippen molar-refractivity contribution in [3.05, 3.63) is 42.2 Å². The highest BCUT2D eigenvalue weighted by Gasteiger charge is 2.25. The molecule has 0 radical (unpaired) electrons. The zero-order valence-corrected chi connectivity index (χ0v) is 11.9. The highest BCUT2D eigenvalue weighted by atomic mass is 16.3. The van der Waals surface area contributed by atoms with E-state index in [-0.39, 0.29) is 12.1 Å². The molecular weight excluding hydrogens is 248 g/mol. The van der Waals surface area contributed by atoms with E-state index in [4.69, 9.17) is 0 Å². The van der Waals surface area contributed by atoms with Gasteiger partial charge in [0.2, 0.25) is 0 Å². The number of nitrogens with one attached hydrogen (secondary N) is 1. The molecular formula is C17H22N2O. The van der Waals surface area contributed by atoms with E-state index in [1.165, 1.54) is 10.8 Å². The van der Waals surface area contributed by atoms with Crippen molar-refractivity contribution in [2.24, 2.45) is 5.92 Å². The van der Waals surface area contributed by atoms with Gasteiger partial charge in [-0.2, -0.15) is 0 Å². The Kier molecular flexibility index (Phi) is 3.99. The maximum Gasteiger partial charge on any atom is 0.0648 e. The molecule has 0 saturated heterocycles. The molecule has 2 aromatic rings. The van der Waals surface area contributed by atoms with E-state index >= 15 is 0 Å². The Bertz CT molecular complexity index is 579. The molecule has 0 spiro atoms. The minimum absolute atomic E-state index is 0.129. The molecule has 3 heteroatoms. The third kappa shape index (κ3) is 2.69. The number of aromatic nitrogens is 1. The Morgan fingerprint density at radius 1 is 1.30 bits per heavy atom. The van der Waals surface area contributed by atoms with Crippen molar-refractivity contribution in [3.8, 4) is 0 Å². The predicted octanol–water partition coefficient (Wildman–Crippen LogP) is 3.05. The number of benzene rings is 1. The van der Waals surface area contributed by atoms with Crippen LogP contribution in [0, 0.1) is 5.92 Å². The number of hydrogen-bond acceptors (Lipinski definition) is 3.